The van der Waals surface area contributed by atoms with E-state index in [1.807, 2.05) is 4.90 Å². The number of piperazine rings is 1. The molecule has 1 aromatic heterocycles. The van der Waals surface area contributed by atoms with Crippen LogP contribution in [-0.2, 0) is 11.3 Å². The maximum atomic E-state index is 12.2. The molecular weight excluding hydrogens is 260 g/mol. The predicted molar refractivity (Wildman–Crippen MR) is 74.4 cm³/mol. The van der Waals surface area contributed by atoms with Gasteiger partial charge in [0, 0.05) is 33.7 Å². The Bertz CT molecular complexity index is 471. The number of rotatable bonds is 3. The van der Waals surface area contributed by atoms with E-state index in [-0.39, 0.29) is 23.8 Å². The third kappa shape index (κ3) is 3.31. The predicted octanol–water partition coefficient (Wildman–Crippen LogP) is -2.10. The number of aromatic nitrogens is 3. The second kappa shape index (κ2) is 5.97. The van der Waals surface area contributed by atoms with Gasteiger partial charge in [-0.05, 0) is 0 Å². The summed E-state index contributed by atoms with van der Waals surface area (Å²) >= 11 is 0. The topological polar surface area (TPSA) is 126 Å². The zero-order valence-corrected chi connectivity index (χ0v) is 11.7. The summed E-state index contributed by atoms with van der Waals surface area (Å²) in [6, 6.07) is -0.238. The van der Waals surface area contributed by atoms with Crippen molar-refractivity contribution in [2.75, 3.05) is 45.2 Å². The van der Waals surface area contributed by atoms with Crippen molar-refractivity contribution in [1.29, 1.82) is 0 Å². The van der Waals surface area contributed by atoms with Crippen LogP contribution in [0.15, 0.2) is 0 Å². The highest BCUT2D eigenvalue weighted by molar-refractivity contribution is 5.81. The van der Waals surface area contributed by atoms with E-state index in [1.165, 1.54) is 0 Å². The molecule has 0 spiro atoms. The maximum Gasteiger partial charge on any atom is 0.240 e. The highest BCUT2D eigenvalue weighted by atomic mass is 16.2. The van der Waals surface area contributed by atoms with E-state index in [0.717, 1.165) is 13.1 Å². The molecule has 1 saturated heterocycles. The summed E-state index contributed by atoms with van der Waals surface area (Å²) in [6.07, 6.45) is 0. The van der Waals surface area contributed by atoms with Gasteiger partial charge in [-0.25, -0.2) is 0 Å². The summed E-state index contributed by atoms with van der Waals surface area (Å²) in [5.41, 5.74) is 11.1. The monoisotopic (exact) mass is 280 g/mol. The number of anilines is 2. The first-order valence-electron chi connectivity index (χ1n) is 6.39. The van der Waals surface area contributed by atoms with Crippen molar-refractivity contribution in [1.82, 2.24) is 30.1 Å². The van der Waals surface area contributed by atoms with Crippen LogP contribution in [0.3, 0.4) is 0 Å². The van der Waals surface area contributed by atoms with Gasteiger partial charge in [0.15, 0.2) is 0 Å². The number of carbonyl (C=O) groups is 1. The van der Waals surface area contributed by atoms with Crippen LogP contribution in [0.4, 0.5) is 11.9 Å². The van der Waals surface area contributed by atoms with Gasteiger partial charge in [0.25, 0.3) is 0 Å². The van der Waals surface area contributed by atoms with Gasteiger partial charge in [0.05, 0.1) is 6.54 Å². The Labute approximate surface area is 117 Å². The van der Waals surface area contributed by atoms with Crippen molar-refractivity contribution < 1.29 is 4.79 Å². The van der Waals surface area contributed by atoms with Gasteiger partial charge in [-0.15, -0.1) is 0 Å². The summed E-state index contributed by atoms with van der Waals surface area (Å²) in [4.78, 5) is 27.6. The molecule has 110 valence electrons. The Hall–Kier alpha value is -2.00. The molecule has 0 aromatic carbocycles. The van der Waals surface area contributed by atoms with Gasteiger partial charge in [-0.3, -0.25) is 9.69 Å². The minimum atomic E-state index is -0.238. The fourth-order valence-electron chi connectivity index (χ4n) is 2.19. The van der Waals surface area contributed by atoms with E-state index in [9.17, 15) is 4.79 Å². The molecule has 1 aliphatic rings. The quantitative estimate of drug-likeness (QED) is 0.574. The summed E-state index contributed by atoms with van der Waals surface area (Å²) < 4.78 is 0. The minimum absolute atomic E-state index is 0.0483. The Kier molecular flexibility index (Phi) is 4.30. The van der Waals surface area contributed by atoms with Crippen LogP contribution < -0.4 is 16.8 Å². The van der Waals surface area contributed by atoms with Crippen LogP contribution in [0.1, 0.15) is 5.82 Å². The first kappa shape index (κ1) is 14.4. The van der Waals surface area contributed by atoms with E-state index in [4.69, 9.17) is 11.5 Å². The number of nitrogens with zero attached hydrogens (tertiary/aromatic N) is 5. The molecule has 20 heavy (non-hydrogen) atoms. The van der Waals surface area contributed by atoms with E-state index in [0.29, 0.717) is 18.9 Å². The van der Waals surface area contributed by atoms with Crippen LogP contribution in [0.25, 0.3) is 0 Å². The molecule has 2 rings (SSSR count). The summed E-state index contributed by atoms with van der Waals surface area (Å²) in [6.45, 7) is 2.57. The molecular formula is C11H20N8O. The van der Waals surface area contributed by atoms with Gasteiger partial charge in [0.1, 0.15) is 11.9 Å². The average Bonchev–Trinajstić information content (AvgIpc) is 2.37. The standard InChI is InChI=1S/C11H20N8O/c1-18(2)9(20)7-5-14-3-4-19(7)6-8-15-10(12)17-11(13)16-8/h7,14H,3-6H2,1-2H3,(H4,12,13,15,16,17). The second-order valence-electron chi connectivity index (χ2n) is 4.89. The number of carbonyl (C=O) groups excluding carboxylic acids is 1. The third-order valence-corrected chi connectivity index (χ3v) is 3.14. The van der Waals surface area contributed by atoms with Crippen molar-refractivity contribution in [3.8, 4) is 0 Å². The molecule has 0 bridgehead atoms. The van der Waals surface area contributed by atoms with Gasteiger partial charge in [0.2, 0.25) is 17.8 Å². The lowest BCUT2D eigenvalue weighted by molar-refractivity contribution is -0.135. The molecule has 1 atom stereocenters. The molecule has 1 amide bonds. The fraction of sp³-hybridized carbons (Fsp3) is 0.636. The number of likely N-dealkylation sites (N-methyl/N-ethyl adjacent to an activating group) is 1. The van der Waals surface area contributed by atoms with E-state index in [2.05, 4.69) is 20.3 Å². The first-order chi connectivity index (χ1) is 9.47. The summed E-state index contributed by atoms with van der Waals surface area (Å²) in [5.74, 6) is 0.719. The minimum Gasteiger partial charge on any atom is -0.368 e. The Balaban J connectivity index is 2.14. The SMILES string of the molecule is CN(C)C(=O)C1CNCCN1Cc1nc(N)nc(N)n1. The lowest BCUT2D eigenvalue weighted by atomic mass is 10.1. The molecule has 0 radical (unpaired) electrons. The molecule has 0 saturated carbocycles. The first-order valence-corrected chi connectivity index (χ1v) is 6.39. The third-order valence-electron chi connectivity index (χ3n) is 3.14. The summed E-state index contributed by atoms with van der Waals surface area (Å²) in [5, 5.41) is 3.22. The zero-order valence-electron chi connectivity index (χ0n) is 11.7. The van der Waals surface area contributed by atoms with Gasteiger partial charge in [-0.2, -0.15) is 15.0 Å². The lowest BCUT2D eigenvalue weighted by Gasteiger charge is -2.35. The van der Waals surface area contributed by atoms with Gasteiger partial charge in [-0.1, -0.05) is 0 Å². The van der Waals surface area contributed by atoms with E-state index in [1.54, 1.807) is 19.0 Å². The summed E-state index contributed by atoms with van der Waals surface area (Å²) in [7, 11) is 3.49. The molecule has 1 aliphatic heterocycles. The van der Waals surface area contributed by atoms with Crippen molar-refractivity contribution >= 4 is 17.8 Å². The van der Waals surface area contributed by atoms with Crippen LogP contribution in [0.2, 0.25) is 0 Å². The van der Waals surface area contributed by atoms with Crippen molar-refractivity contribution in [2.24, 2.45) is 0 Å². The van der Waals surface area contributed by atoms with Gasteiger partial charge >= 0.3 is 0 Å². The highest BCUT2D eigenvalue weighted by Gasteiger charge is 2.30. The molecule has 9 heteroatoms. The molecule has 9 nitrogen and oxygen atoms in total. The fourth-order valence-corrected chi connectivity index (χ4v) is 2.19. The van der Waals surface area contributed by atoms with Crippen molar-refractivity contribution in [3.63, 3.8) is 0 Å². The second-order valence-corrected chi connectivity index (χ2v) is 4.89. The lowest BCUT2D eigenvalue weighted by Crippen LogP contribution is -2.57. The molecule has 1 aromatic rings. The average molecular weight is 280 g/mol. The molecule has 0 aliphatic carbocycles. The molecule has 5 N–H and O–H groups in total. The molecule has 1 fully saturated rings. The van der Waals surface area contributed by atoms with Crippen LogP contribution in [-0.4, -0.2) is 70.4 Å². The van der Waals surface area contributed by atoms with Crippen molar-refractivity contribution in [3.05, 3.63) is 5.82 Å². The van der Waals surface area contributed by atoms with Crippen LogP contribution in [0.5, 0.6) is 0 Å². The Morgan fingerprint density at radius 1 is 1.35 bits per heavy atom. The smallest absolute Gasteiger partial charge is 0.240 e. The largest absolute Gasteiger partial charge is 0.368 e. The van der Waals surface area contributed by atoms with Gasteiger partial charge < -0.3 is 21.7 Å². The Morgan fingerprint density at radius 2 is 2.00 bits per heavy atom. The van der Waals surface area contributed by atoms with Crippen LogP contribution in [0, 0.1) is 0 Å². The number of nitrogens with one attached hydrogen (secondary N) is 1. The maximum absolute atomic E-state index is 12.2. The number of hydrogen-bond acceptors (Lipinski definition) is 8. The van der Waals surface area contributed by atoms with E-state index >= 15 is 0 Å². The van der Waals surface area contributed by atoms with Crippen molar-refractivity contribution in [2.45, 2.75) is 12.6 Å². The van der Waals surface area contributed by atoms with Crippen LogP contribution >= 0.6 is 0 Å². The normalized spacial score (nSPS) is 19.8. The highest BCUT2D eigenvalue weighted by Crippen LogP contribution is 2.10. The van der Waals surface area contributed by atoms with E-state index < -0.39 is 0 Å². The number of nitrogens with two attached hydrogens (primary N) is 2. The number of amides is 1. The number of hydrogen-bond donors (Lipinski definition) is 3. The molecule has 2 heterocycles. The Morgan fingerprint density at radius 3 is 2.60 bits per heavy atom. The molecule has 1 unspecified atom stereocenters. The zero-order chi connectivity index (χ0) is 14.7. The number of nitrogen functional groups attached to an aromatic ring is 2.